The number of hydrogen-bond donors (Lipinski definition) is 0. The number of rotatable bonds is 6. The van der Waals surface area contributed by atoms with Crippen molar-refractivity contribution in [1.29, 1.82) is 0 Å². The lowest BCUT2D eigenvalue weighted by molar-refractivity contribution is -0.160. The average molecular weight is 408 g/mol. The summed E-state index contributed by atoms with van der Waals surface area (Å²) in [7, 11) is 1.61. The van der Waals surface area contributed by atoms with E-state index in [4.69, 9.17) is 14.2 Å². The molecule has 2 aliphatic rings. The highest BCUT2D eigenvalue weighted by molar-refractivity contribution is 6.03. The van der Waals surface area contributed by atoms with Gasteiger partial charge >= 0.3 is 5.97 Å². The lowest BCUT2D eigenvalue weighted by Gasteiger charge is -2.22. The number of nitrogens with zero attached hydrogens (tertiary/aromatic N) is 2. The zero-order valence-corrected chi connectivity index (χ0v) is 16.8. The second-order valence-electron chi connectivity index (χ2n) is 7.25. The molecule has 0 aliphatic carbocycles. The summed E-state index contributed by atoms with van der Waals surface area (Å²) in [6.45, 7) is 0.182. The van der Waals surface area contributed by atoms with Crippen LogP contribution in [-0.2, 0) is 19.1 Å². The summed E-state index contributed by atoms with van der Waals surface area (Å²) in [5.41, 5.74) is 2.71. The molecule has 2 heterocycles. The lowest BCUT2D eigenvalue weighted by Crippen LogP contribution is -2.33. The van der Waals surface area contributed by atoms with Crippen molar-refractivity contribution in [2.75, 3.05) is 20.3 Å². The van der Waals surface area contributed by atoms with Crippen LogP contribution in [0.3, 0.4) is 0 Å². The van der Waals surface area contributed by atoms with E-state index in [2.05, 4.69) is 5.10 Å². The van der Waals surface area contributed by atoms with Crippen molar-refractivity contribution < 1.29 is 23.8 Å². The Morgan fingerprint density at radius 1 is 1.13 bits per heavy atom. The van der Waals surface area contributed by atoms with Crippen LogP contribution >= 0.6 is 0 Å². The summed E-state index contributed by atoms with van der Waals surface area (Å²) in [6.07, 6.45) is 1.45. The first-order chi connectivity index (χ1) is 14.7. The first kappa shape index (κ1) is 20.1. The van der Waals surface area contributed by atoms with E-state index in [1.807, 2.05) is 54.6 Å². The van der Waals surface area contributed by atoms with E-state index in [0.29, 0.717) is 19.4 Å². The number of ether oxygens (including phenoxy) is 3. The van der Waals surface area contributed by atoms with Gasteiger partial charge in [0.25, 0.3) is 5.91 Å². The molecule has 1 amide bonds. The standard InChI is InChI=1S/C23H24N2O5/c1-28-18-11-9-17(10-12-18)20-14-19(16-6-3-2-4-7-16)24-25(20)22(26)15-30-23(27)21-8-5-13-29-21/h2-4,6-7,9-12,20-21H,5,8,13-15H2,1H3/t20-,21+/m0/s1. The topological polar surface area (TPSA) is 77.4 Å². The molecule has 0 unspecified atom stereocenters. The highest BCUT2D eigenvalue weighted by atomic mass is 16.6. The third kappa shape index (κ3) is 4.36. The van der Waals surface area contributed by atoms with Gasteiger partial charge in [-0.15, -0.1) is 0 Å². The van der Waals surface area contributed by atoms with E-state index in [9.17, 15) is 9.59 Å². The van der Waals surface area contributed by atoms with Gasteiger partial charge in [-0.3, -0.25) is 4.79 Å². The molecule has 0 N–H and O–H groups in total. The molecule has 0 spiro atoms. The molecule has 7 heteroatoms. The van der Waals surface area contributed by atoms with Crippen molar-refractivity contribution in [3.63, 3.8) is 0 Å². The van der Waals surface area contributed by atoms with Crippen LogP contribution in [0.4, 0.5) is 0 Å². The molecule has 156 valence electrons. The van der Waals surface area contributed by atoms with Crippen molar-refractivity contribution in [3.05, 3.63) is 65.7 Å². The fourth-order valence-electron chi connectivity index (χ4n) is 3.69. The van der Waals surface area contributed by atoms with E-state index < -0.39 is 12.1 Å². The third-order valence-corrected chi connectivity index (χ3v) is 5.30. The van der Waals surface area contributed by atoms with Crippen LogP contribution in [0.1, 0.15) is 36.4 Å². The number of methoxy groups -OCH3 is 1. The predicted molar refractivity (Wildman–Crippen MR) is 110 cm³/mol. The number of amides is 1. The van der Waals surface area contributed by atoms with Gasteiger partial charge in [-0.1, -0.05) is 42.5 Å². The van der Waals surface area contributed by atoms with E-state index in [1.54, 1.807) is 7.11 Å². The van der Waals surface area contributed by atoms with Gasteiger partial charge in [0.2, 0.25) is 0 Å². The predicted octanol–water partition coefficient (Wildman–Crippen LogP) is 3.10. The molecule has 7 nitrogen and oxygen atoms in total. The third-order valence-electron chi connectivity index (χ3n) is 5.30. The smallest absolute Gasteiger partial charge is 0.335 e. The minimum absolute atomic E-state index is 0.278. The minimum atomic E-state index is -0.572. The quantitative estimate of drug-likeness (QED) is 0.687. The van der Waals surface area contributed by atoms with Crippen LogP contribution in [-0.4, -0.2) is 49.0 Å². The summed E-state index contributed by atoms with van der Waals surface area (Å²) < 4.78 is 15.8. The Balaban J connectivity index is 1.52. The fraction of sp³-hybridized carbons (Fsp3) is 0.348. The molecule has 0 saturated carbocycles. The number of carbonyl (C=O) groups excluding carboxylic acids is 2. The molecule has 2 aromatic carbocycles. The van der Waals surface area contributed by atoms with Gasteiger partial charge in [0, 0.05) is 13.0 Å². The second-order valence-corrected chi connectivity index (χ2v) is 7.25. The van der Waals surface area contributed by atoms with Gasteiger partial charge < -0.3 is 14.2 Å². The zero-order chi connectivity index (χ0) is 20.9. The molecule has 2 atom stereocenters. The van der Waals surface area contributed by atoms with Gasteiger partial charge in [-0.25, -0.2) is 9.80 Å². The number of esters is 1. The Bertz CT molecular complexity index is 920. The van der Waals surface area contributed by atoms with Crippen LogP contribution in [0.25, 0.3) is 0 Å². The van der Waals surface area contributed by atoms with Crippen molar-refractivity contribution in [3.8, 4) is 5.75 Å². The highest BCUT2D eigenvalue weighted by Crippen LogP contribution is 2.33. The maximum atomic E-state index is 12.9. The number of hydrogen-bond acceptors (Lipinski definition) is 6. The van der Waals surface area contributed by atoms with Gasteiger partial charge in [-0.2, -0.15) is 5.10 Å². The molecule has 1 fully saturated rings. The van der Waals surface area contributed by atoms with Crippen molar-refractivity contribution in [2.45, 2.75) is 31.4 Å². The van der Waals surface area contributed by atoms with Crippen molar-refractivity contribution >= 4 is 17.6 Å². The number of benzene rings is 2. The first-order valence-electron chi connectivity index (χ1n) is 10.0. The van der Waals surface area contributed by atoms with Gasteiger partial charge in [0.1, 0.15) is 5.75 Å². The Kier molecular flexibility index (Phi) is 6.09. The molecular weight excluding hydrogens is 384 g/mol. The first-order valence-corrected chi connectivity index (χ1v) is 10.0. The Morgan fingerprint density at radius 2 is 1.90 bits per heavy atom. The molecule has 2 aromatic rings. The molecular formula is C23H24N2O5. The van der Waals surface area contributed by atoms with Crippen LogP contribution in [0.15, 0.2) is 59.7 Å². The molecule has 0 bridgehead atoms. The molecule has 30 heavy (non-hydrogen) atoms. The second kappa shape index (κ2) is 9.09. The van der Waals surface area contributed by atoms with E-state index in [-0.39, 0.29) is 18.6 Å². The number of carbonyl (C=O) groups is 2. The average Bonchev–Trinajstić information content (AvgIpc) is 3.48. The van der Waals surface area contributed by atoms with Crippen LogP contribution in [0.5, 0.6) is 5.75 Å². The monoisotopic (exact) mass is 408 g/mol. The fourth-order valence-corrected chi connectivity index (χ4v) is 3.69. The van der Waals surface area contributed by atoms with Gasteiger partial charge in [0.15, 0.2) is 12.7 Å². The molecule has 0 aromatic heterocycles. The van der Waals surface area contributed by atoms with Crippen LogP contribution in [0.2, 0.25) is 0 Å². The summed E-state index contributed by atoms with van der Waals surface area (Å²) in [5.74, 6) is -0.120. The van der Waals surface area contributed by atoms with E-state index in [1.165, 1.54) is 5.01 Å². The van der Waals surface area contributed by atoms with Gasteiger partial charge in [0.05, 0.1) is 18.9 Å². The van der Waals surface area contributed by atoms with Gasteiger partial charge in [-0.05, 0) is 36.1 Å². The summed E-state index contributed by atoms with van der Waals surface area (Å²) >= 11 is 0. The Morgan fingerprint density at radius 3 is 2.57 bits per heavy atom. The molecule has 0 radical (unpaired) electrons. The maximum Gasteiger partial charge on any atom is 0.335 e. The molecule has 4 rings (SSSR count). The minimum Gasteiger partial charge on any atom is -0.497 e. The largest absolute Gasteiger partial charge is 0.497 e. The molecule has 2 aliphatic heterocycles. The Labute approximate surface area is 175 Å². The maximum absolute atomic E-state index is 12.9. The van der Waals surface area contributed by atoms with E-state index in [0.717, 1.165) is 29.0 Å². The zero-order valence-electron chi connectivity index (χ0n) is 16.8. The number of hydrazone groups is 1. The van der Waals surface area contributed by atoms with E-state index >= 15 is 0 Å². The lowest BCUT2D eigenvalue weighted by atomic mass is 9.98. The normalized spacial score (nSPS) is 20.7. The summed E-state index contributed by atoms with van der Waals surface area (Å²) in [6, 6.07) is 17.0. The van der Waals surface area contributed by atoms with Crippen molar-refractivity contribution in [2.24, 2.45) is 5.10 Å². The van der Waals surface area contributed by atoms with Crippen molar-refractivity contribution in [1.82, 2.24) is 5.01 Å². The van der Waals surface area contributed by atoms with Crippen LogP contribution in [0, 0.1) is 0 Å². The van der Waals surface area contributed by atoms with Crippen LogP contribution < -0.4 is 4.74 Å². The molecule has 1 saturated heterocycles. The SMILES string of the molecule is COc1ccc([C@@H]2CC(c3ccccc3)=NN2C(=O)COC(=O)[C@H]2CCCO2)cc1. The highest BCUT2D eigenvalue weighted by Gasteiger charge is 2.34. The summed E-state index contributed by atoms with van der Waals surface area (Å²) in [4.78, 5) is 25.0. The Hall–Kier alpha value is -3.19. The summed E-state index contributed by atoms with van der Waals surface area (Å²) in [5, 5.41) is 6.00.